The molecule has 0 amide bonds. The number of carbonyl (C=O) groups is 2. The average molecular weight is 591 g/mol. The summed E-state index contributed by atoms with van der Waals surface area (Å²) in [4.78, 5) is 42.4. The maximum atomic E-state index is 12.2. The lowest BCUT2D eigenvalue weighted by Gasteiger charge is -2.18. The van der Waals surface area contributed by atoms with E-state index in [9.17, 15) is 14.2 Å². The van der Waals surface area contributed by atoms with Gasteiger partial charge in [-0.05, 0) is 38.5 Å². The number of phosphoric ester groups is 1. The molecule has 9 heteroatoms. The molecule has 0 aromatic heterocycles. The van der Waals surface area contributed by atoms with Gasteiger partial charge in [-0.15, -0.1) is 0 Å². The Labute approximate surface area is 244 Å². The maximum absolute atomic E-state index is 12.2. The number of allylic oxidation sites excluding steroid dienone is 2. The molecule has 0 saturated carbocycles. The third-order valence-corrected chi connectivity index (χ3v) is 7.27. The molecule has 0 radical (unpaired) electrons. The van der Waals surface area contributed by atoms with E-state index in [1.165, 1.54) is 64.2 Å². The Bertz CT molecular complexity index is 676. The molecule has 0 saturated heterocycles. The van der Waals surface area contributed by atoms with Crippen molar-refractivity contribution < 1.29 is 37.9 Å². The molecule has 8 nitrogen and oxygen atoms in total. The van der Waals surface area contributed by atoms with E-state index in [1.807, 2.05) is 0 Å². The molecule has 0 unspecified atom stereocenters. The lowest BCUT2D eigenvalue weighted by Crippen LogP contribution is -2.29. The number of unbranched alkanes of at least 4 members (excludes halogenated alkanes) is 17. The van der Waals surface area contributed by atoms with Gasteiger partial charge in [0.2, 0.25) is 0 Å². The van der Waals surface area contributed by atoms with E-state index in [4.69, 9.17) is 19.3 Å². The van der Waals surface area contributed by atoms with Gasteiger partial charge < -0.3 is 19.3 Å². The van der Waals surface area contributed by atoms with Crippen LogP contribution >= 0.6 is 7.82 Å². The van der Waals surface area contributed by atoms with E-state index in [1.54, 1.807) is 0 Å². The van der Waals surface area contributed by atoms with Gasteiger partial charge in [0.25, 0.3) is 0 Å². The number of ether oxygens (including phenoxy) is 2. The highest BCUT2D eigenvalue weighted by Crippen LogP contribution is 2.35. The van der Waals surface area contributed by atoms with Gasteiger partial charge in [-0.25, -0.2) is 4.57 Å². The Kier molecular flexibility index (Phi) is 27.1. The monoisotopic (exact) mass is 590 g/mol. The fraction of sp³-hybridized carbons (Fsp3) is 0.871. The SMILES string of the molecule is CCCCC/C=C/CCCCCCCC(=O)OC[C@H](COP(=O)(O)O)OC(=O)CCCCCCCCCCCC. The van der Waals surface area contributed by atoms with Crippen LogP contribution < -0.4 is 0 Å². The van der Waals surface area contributed by atoms with Crippen LogP contribution in [0.25, 0.3) is 0 Å². The Hall–Kier alpha value is -1.21. The molecule has 0 aliphatic carbocycles. The second kappa shape index (κ2) is 27.9. The van der Waals surface area contributed by atoms with Crippen molar-refractivity contribution in [2.45, 2.75) is 161 Å². The molecule has 0 bridgehead atoms. The molecule has 2 N–H and O–H groups in total. The predicted molar refractivity (Wildman–Crippen MR) is 161 cm³/mol. The standard InChI is InChI=1S/C31H59O8P/c1-3-5-7-9-11-13-15-16-18-19-21-23-25-30(32)37-27-29(28-38-40(34,35)36)39-31(33)26-24-22-20-17-14-12-10-8-6-4-2/h11,13,29H,3-10,12,14-28H2,1-2H3,(H2,34,35,36)/b13-11+/t29-/m1/s1. The van der Waals surface area contributed by atoms with Crippen LogP contribution in [0.15, 0.2) is 12.2 Å². The molecule has 40 heavy (non-hydrogen) atoms. The zero-order valence-corrected chi connectivity index (χ0v) is 26.4. The molecule has 0 aromatic carbocycles. The molecule has 0 spiro atoms. The molecule has 0 heterocycles. The van der Waals surface area contributed by atoms with Gasteiger partial charge in [0.05, 0.1) is 6.61 Å². The maximum Gasteiger partial charge on any atom is 0.469 e. The molecule has 0 aliphatic rings. The first-order valence-corrected chi connectivity index (χ1v) is 17.5. The number of hydrogen-bond donors (Lipinski definition) is 2. The van der Waals surface area contributed by atoms with Gasteiger partial charge in [0, 0.05) is 12.8 Å². The first-order chi connectivity index (χ1) is 19.3. The van der Waals surface area contributed by atoms with Crippen molar-refractivity contribution in [1.82, 2.24) is 0 Å². The van der Waals surface area contributed by atoms with E-state index in [0.29, 0.717) is 12.8 Å². The second-order valence-electron chi connectivity index (χ2n) is 10.8. The van der Waals surface area contributed by atoms with E-state index in [-0.39, 0.29) is 19.4 Å². The van der Waals surface area contributed by atoms with E-state index >= 15 is 0 Å². The normalized spacial score (nSPS) is 12.6. The van der Waals surface area contributed by atoms with Gasteiger partial charge in [-0.1, -0.05) is 116 Å². The minimum absolute atomic E-state index is 0.214. The summed E-state index contributed by atoms with van der Waals surface area (Å²) in [5, 5.41) is 0. The number of hydrogen-bond acceptors (Lipinski definition) is 6. The topological polar surface area (TPSA) is 119 Å². The summed E-state index contributed by atoms with van der Waals surface area (Å²) in [6.45, 7) is 3.61. The minimum atomic E-state index is -4.74. The van der Waals surface area contributed by atoms with Crippen LogP contribution in [0.1, 0.15) is 155 Å². The third kappa shape index (κ3) is 29.8. The molecule has 0 fully saturated rings. The molecule has 0 aromatic rings. The third-order valence-electron chi connectivity index (χ3n) is 6.78. The summed E-state index contributed by atoms with van der Waals surface area (Å²) in [7, 11) is -4.74. The smallest absolute Gasteiger partial charge is 0.462 e. The Morgan fingerprint density at radius 1 is 0.625 bits per heavy atom. The molecular formula is C31H59O8P. The molecule has 0 rings (SSSR count). The van der Waals surface area contributed by atoms with Crippen molar-refractivity contribution >= 4 is 19.8 Å². The van der Waals surface area contributed by atoms with Crippen LogP contribution in [0.5, 0.6) is 0 Å². The summed E-state index contributed by atoms with van der Waals surface area (Å²) < 4.78 is 26.1. The summed E-state index contributed by atoms with van der Waals surface area (Å²) in [6, 6.07) is 0. The highest BCUT2D eigenvalue weighted by Gasteiger charge is 2.22. The van der Waals surface area contributed by atoms with Gasteiger partial charge in [0.1, 0.15) is 6.61 Å². The Morgan fingerprint density at radius 3 is 1.57 bits per heavy atom. The first-order valence-electron chi connectivity index (χ1n) is 16.0. The number of carbonyl (C=O) groups excluding carboxylic acids is 2. The molecule has 236 valence electrons. The molecule has 1 atom stereocenters. The quantitative estimate of drug-likeness (QED) is 0.0384. The van der Waals surface area contributed by atoms with Crippen molar-refractivity contribution in [3.8, 4) is 0 Å². The Balaban J connectivity index is 4.04. The zero-order valence-electron chi connectivity index (χ0n) is 25.5. The van der Waals surface area contributed by atoms with Crippen LogP contribution in [0.3, 0.4) is 0 Å². The van der Waals surface area contributed by atoms with Crippen LogP contribution in [0, 0.1) is 0 Å². The zero-order chi connectivity index (χ0) is 29.7. The van der Waals surface area contributed by atoms with Gasteiger partial charge in [0.15, 0.2) is 6.10 Å². The minimum Gasteiger partial charge on any atom is -0.462 e. The lowest BCUT2D eigenvalue weighted by atomic mass is 10.1. The fourth-order valence-corrected chi connectivity index (χ4v) is 4.73. The summed E-state index contributed by atoms with van der Waals surface area (Å²) in [5.41, 5.74) is 0. The van der Waals surface area contributed by atoms with Gasteiger partial charge >= 0.3 is 19.8 Å². The average Bonchev–Trinajstić information content (AvgIpc) is 2.91. The van der Waals surface area contributed by atoms with Crippen molar-refractivity contribution in [2.75, 3.05) is 13.2 Å². The highest BCUT2D eigenvalue weighted by atomic mass is 31.2. The van der Waals surface area contributed by atoms with E-state index in [0.717, 1.165) is 51.4 Å². The van der Waals surface area contributed by atoms with Crippen LogP contribution in [0.4, 0.5) is 0 Å². The molecule has 0 aliphatic heterocycles. The first kappa shape index (κ1) is 38.8. The lowest BCUT2D eigenvalue weighted by molar-refractivity contribution is -0.161. The van der Waals surface area contributed by atoms with Crippen molar-refractivity contribution in [2.24, 2.45) is 0 Å². The van der Waals surface area contributed by atoms with Crippen molar-refractivity contribution in [3.63, 3.8) is 0 Å². The number of esters is 2. The summed E-state index contributed by atoms with van der Waals surface area (Å²) in [5.74, 6) is -0.896. The Morgan fingerprint density at radius 2 is 1.05 bits per heavy atom. The highest BCUT2D eigenvalue weighted by molar-refractivity contribution is 7.46. The number of rotatable bonds is 29. The van der Waals surface area contributed by atoms with Crippen LogP contribution in [-0.2, 0) is 28.2 Å². The van der Waals surface area contributed by atoms with Crippen molar-refractivity contribution in [3.05, 3.63) is 12.2 Å². The second-order valence-corrected chi connectivity index (χ2v) is 12.0. The van der Waals surface area contributed by atoms with E-state index in [2.05, 4.69) is 30.5 Å². The number of phosphoric acid groups is 1. The largest absolute Gasteiger partial charge is 0.469 e. The van der Waals surface area contributed by atoms with Crippen molar-refractivity contribution in [1.29, 1.82) is 0 Å². The predicted octanol–water partition coefficient (Wildman–Crippen LogP) is 8.73. The van der Waals surface area contributed by atoms with Gasteiger partial charge in [-0.2, -0.15) is 0 Å². The summed E-state index contributed by atoms with van der Waals surface area (Å²) >= 11 is 0. The van der Waals surface area contributed by atoms with Crippen LogP contribution in [0.2, 0.25) is 0 Å². The van der Waals surface area contributed by atoms with Crippen LogP contribution in [-0.4, -0.2) is 41.0 Å². The molecular weight excluding hydrogens is 531 g/mol. The summed E-state index contributed by atoms with van der Waals surface area (Å²) in [6.07, 6.45) is 26.5. The van der Waals surface area contributed by atoms with Gasteiger partial charge in [-0.3, -0.25) is 14.1 Å². The van der Waals surface area contributed by atoms with E-state index < -0.39 is 32.5 Å². The fourth-order valence-electron chi connectivity index (χ4n) is 4.37.